The average molecular weight is 399 g/mol. The van der Waals surface area contributed by atoms with Crippen molar-refractivity contribution < 1.29 is 14.7 Å². The highest BCUT2D eigenvalue weighted by atomic mass is 16.4. The Morgan fingerprint density at radius 3 is 2.40 bits per heavy atom. The van der Waals surface area contributed by atoms with Crippen LogP contribution in [-0.4, -0.2) is 21.6 Å². The van der Waals surface area contributed by atoms with Gasteiger partial charge in [-0.2, -0.15) is 5.26 Å². The fourth-order valence-corrected chi connectivity index (χ4v) is 3.31. The molecule has 0 unspecified atom stereocenters. The molecule has 0 bridgehead atoms. The molecule has 6 heteroatoms. The number of aromatic nitrogens is 1. The summed E-state index contributed by atoms with van der Waals surface area (Å²) in [5.74, 6) is -1.49. The third kappa shape index (κ3) is 4.15. The van der Waals surface area contributed by atoms with Gasteiger partial charge in [0.25, 0.3) is 5.91 Å². The van der Waals surface area contributed by atoms with Crippen LogP contribution < -0.4 is 5.32 Å². The van der Waals surface area contributed by atoms with Crippen LogP contribution in [0.2, 0.25) is 0 Å². The van der Waals surface area contributed by atoms with Gasteiger partial charge in [-0.1, -0.05) is 24.3 Å². The molecule has 6 nitrogen and oxygen atoms in total. The van der Waals surface area contributed by atoms with Crippen molar-refractivity contribution in [1.82, 2.24) is 4.57 Å². The van der Waals surface area contributed by atoms with E-state index in [0.29, 0.717) is 11.3 Å². The highest BCUT2D eigenvalue weighted by molar-refractivity contribution is 6.09. The molecule has 0 spiro atoms. The van der Waals surface area contributed by atoms with E-state index in [4.69, 9.17) is 0 Å². The maximum Gasteiger partial charge on any atom is 0.335 e. The zero-order valence-corrected chi connectivity index (χ0v) is 16.9. The van der Waals surface area contributed by atoms with Gasteiger partial charge in [-0.3, -0.25) is 4.79 Å². The smallest absolute Gasteiger partial charge is 0.335 e. The second-order valence-corrected chi connectivity index (χ2v) is 6.96. The predicted molar refractivity (Wildman–Crippen MR) is 116 cm³/mol. The molecule has 1 heterocycles. The van der Waals surface area contributed by atoms with Crippen LogP contribution in [0.15, 0.2) is 60.2 Å². The molecule has 2 aromatic carbocycles. The van der Waals surface area contributed by atoms with Crippen LogP contribution in [0.5, 0.6) is 0 Å². The number of carboxylic acids is 1. The van der Waals surface area contributed by atoms with Crippen molar-refractivity contribution in [2.24, 2.45) is 0 Å². The molecule has 30 heavy (non-hydrogen) atoms. The molecule has 3 rings (SSSR count). The van der Waals surface area contributed by atoms with Gasteiger partial charge in [0.15, 0.2) is 0 Å². The van der Waals surface area contributed by atoms with E-state index in [1.165, 1.54) is 0 Å². The predicted octanol–water partition coefficient (Wildman–Crippen LogP) is 4.65. The van der Waals surface area contributed by atoms with Gasteiger partial charge in [0, 0.05) is 22.8 Å². The molecule has 0 atom stereocenters. The van der Waals surface area contributed by atoms with Crippen molar-refractivity contribution in [3.8, 4) is 11.8 Å². The number of carboxylic acid groups (broad SMARTS) is 1. The van der Waals surface area contributed by atoms with Gasteiger partial charge < -0.3 is 15.0 Å². The molecule has 2 N–H and O–H groups in total. The minimum absolute atomic E-state index is 0.0184. The van der Waals surface area contributed by atoms with Crippen LogP contribution >= 0.6 is 0 Å². The number of nitrogens with zero attached hydrogens (tertiary/aromatic N) is 2. The first-order chi connectivity index (χ1) is 14.3. The van der Waals surface area contributed by atoms with Crippen molar-refractivity contribution in [3.05, 3.63) is 88.2 Å². The van der Waals surface area contributed by atoms with E-state index >= 15 is 0 Å². The molecule has 0 aliphatic carbocycles. The summed E-state index contributed by atoms with van der Waals surface area (Å²) < 4.78 is 1.93. The molecular formula is C24H21N3O3. The minimum atomic E-state index is -0.997. The van der Waals surface area contributed by atoms with Crippen LogP contribution in [0.1, 0.15) is 32.9 Å². The Labute approximate surface area is 174 Å². The van der Waals surface area contributed by atoms with E-state index < -0.39 is 11.9 Å². The number of carbonyl (C=O) groups excluding carboxylic acids is 1. The number of nitriles is 1. The Hall–Kier alpha value is -4.11. The van der Waals surface area contributed by atoms with Gasteiger partial charge in [0.2, 0.25) is 0 Å². The van der Waals surface area contributed by atoms with E-state index in [0.717, 1.165) is 22.6 Å². The van der Waals surface area contributed by atoms with Crippen LogP contribution in [0.3, 0.4) is 0 Å². The molecule has 1 amide bonds. The highest BCUT2D eigenvalue weighted by Crippen LogP contribution is 2.26. The van der Waals surface area contributed by atoms with Gasteiger partial charge in [0.05, 0.1) is 5.56 Å². The largest absolute Gasteiger partial charge is 0.478 e. The Bertz CT molecular complexity index is 1200. The van der Waals surface area contributed by atoms with Gasteiger partial charge >= 0.3 is 5.97 Å². The normalized spacial score (nSPS) is 11.1. The van der Waals surface area contributed by atoms with Crippen molar-refractivity contribution in [2.45, 2.75) is 20.8 Å². The van der Waals surface area contributed by atoms with Gasteiger partial charge in [-0.25, -0.2) is 4.79 Å². The summed E-state index contributed by atoms with van der Waals surface area (Å²) in [7, 11) is 0. The minimum Gasteiger partial charge on any atom is -0.478 e. The Morgan fingerprint density at radius 2 is 1.77 bits per heavy atom. The van der Waals surface area contributed by atoms with E-state index in [1.807, 2.05) is 43.5 Å². The number of para-hydroxylation sites is 1. The molecule has 0 saturated heterocycles. The lowest BCUT2D eigenvalue weighted by Gasteiger charge is -2.13. The number of amides is 1. The first-order valence-corrected chi connectivity index (χ1v) is 9.33. The second kappa shape index (κ2) is 8.50. The Kier molecular flexibility index (Phi) is 5.84. The molecular weight excluding hydrogens is 378 g/mol. The second-order valence-electron chi connectivity index (χ2n) is 6.96. The number of hydrogen-bond acceptors (Lipinski definition) is 3. The molecule has 150 valence electrons. The molecule has 0 radical (unpaired) electrons. The standard InChI is InChI=1S/C24H21N3O3/c1-15-9-10-18(24(29)30)13-22(15)27-16(2)11-19(17(27)3)12-20(14-25)23(28)26-21-7-5-4-6-8-21/h4-13H,1-3H3,(H,26,28)(H,29,30)/b20-12-. The van der Waals surface area contributed by atoms with Crippen LogP contribution in [0, 0.1) is 32.1 Å². The number of benzene rings is 2. The first kappa shape index (κ1) is 20.6. The van der Waals surface area contributed by atoms with E-state index in [-0.39, 0.29) is 11.1 Å². The van der Waals surface area contributed by atoms with Crippen LogP contribution in [-0.2, 0) is 4.79 Å². The molecule has 0 aliphatic heterocycles. The number of aryl methyl sites for hydroxylation is 2. The molecule has 1 aromatic heterocycles. The quantitative estimate of drug-likeness (QED) is 0.482. The zero-order chi connectivity index (χ0) is 21.8. The number of anilines is 1. The monoisotopic (exact) mass is 399 g/mol. The maximum atomic E-state index is 12.5. The van der Waals surface area contributed by atoms with Gasteiger partial charge in [-0.15, -0.1) is 0 Å². The molecule has 0 fully saturated rings. The summed E-state index contributed by atoms with van der Waals surface area (Å²) in [6.07, 6.45) is 1.55. The van der Waals surface area contributed by atoms with Crippen molar-refractivity contribution in [2.75, 3.05) is 5.32 Å². The van der Waals surface area contributed by atoms with Crippen molar-refractivity contribution in [1.29, 1.82) is 5.26 Å². The summed E-state index contributed by atoms with van der Waals surface area (Å²) in [5, 5.41) is 21.5. The summed E-state index contributed by atoms with van der Waals surface area (Å²) in [6, 6.07) is 17.7. The summed E-state index contributed by atoms with van der Waals surface area (Å²) >= 11 is 0. The number of nitrogens with one attached hydrogen (secondary N) is 1. The summed E-state index contributed by atoms with van der Waals surface area (Å²) in [4.78, 5) is 23.9. The van der Waals surface area contributed by atoms with Gasteiger partial charge in [0.1, 0.15) is 11.6 Å². The molecule has 3 aromatic rings. The summed E-state index contributed by atoms with van der Waals surface area (Å²) in [5.41, 5.74) is 4.83. The molecule has 0 aliphatic rings. The Balaban J connectivity index is 2.01. The fraction of sp³-hybridized carbons (Fsp3) is 0.125. The fourth-order valence-electron chi connectivity index (χ4n) is 3.31. The third-order valence-corrected chi connectivity index (χ3v) is 4.86. The number of rotatable bonds is 5. The number of hydrogen-bond donors (Lipinski definition) is 2. The van der Waals surface area contributed by atoms with Crippen molar-refractivity contribution in [3.63, 3.8) is 0 Å². The van der Waals surface area contributed by atoms with Crippen LogP contribution in [0.4, 0.5) is 5.69 Å². The topological polar surface area (TPSA) is 95.1 Å². The maximum absolute atomic E-state index is 12.5. The van der Waals surface area contributed by atoms with E-state index in [2.05, 4.69) is 5.32 Å². The van der Waals surface area contributed by atoms with Crippen molar-refractivity contribution >= 4 is 23.6 Å². The first-order valence-electron chi connectivity index (χ1n) is 9.33. The lowest BCUT2D eigenvalue weighted by Crippen LogP contribution is -2.13. The van der Waals surface area contributed by atoms with Crippen LogP contribution in [0.25, 0.3) is 11.8 Å². The highest BCUT2D eigenvalue weighted by Gasteiger charge is 2.16. The lowest BCUT2D eigenvalue weighted by atomic mass is 10.1. The Morgan fingerprint density at radius 1 is 1.07 bits per heavy atom. The summed E-state index contributed by atoms with van der Waals surface area (Å²) in [6.45, 7) is 5.67. The lowest BCUT2D eigenvalue weighted by molar-refractivity contribution is -0.112. The molecule has 0 saturated carbocycles. The van der Waals surface area contributed by atoms with E-state index in [1.54, 1.807) is 48.5 Å². The SMILES string of the molecule is Cc1ccc(C(=O)O)cc1-n1c(C)cc(/C=C(/C#N)C(=O)Nc2ccccc2)c1C. The zero-order valence-electron chi connectivity index (χ0n) is 16.9. The van der Waals surface area contributed by atoms with E-state index in [9.17, 15) is 20.0 Å². The average Bonchev–Trinajstić information content (AvgIpc) is 3.00. The van der Waals surface area contributed by atoms with Gasteiger partial charge in [-0.05, 0) is 68.3 Å². The number of carbonyl (C=O) groups is 2. The number of aromatic carboxylic acids is 1. The third-order valence-electron chi connectivity index (χ3n) is 4.86.